The van der Waals surface area contributed by atoms with Gasteiger partial charge in [-0.25, -0.2) is 17.9 Å². The molecule has 4 aromatic rings. The Labute approximate surface area is 195 Å². The molecule has 0 aliphatic heterocycles. The first-order valence-corrected chi connectivity index (χ1v) is 11.3. The molecule has 1 fully saturated rings. The maximum absolute atomic E-state index is 14.1. The molecule has 2 heterocycles. The normalized spacial score (nSPS) is 13.6. The van der Waals surface area contributed by atoms with Gasteiger partial charge < -0.3 is 4.74 Å². The summed E-state index contributed by atoms with van der Waals surface area (Å²) in [6.07, 6.45) is 3.82. The van der Waals surface area contributed by atoms with Crippen molar-refractivity contribution in [2.75, 3.05) is 0 Å². The molecule has 0 bridgehead atoms. The van der Waals surface area contributed by atoms with E-state index >= 15 is 0 Å². The van der Waals surface area contributed by atoms with Crippen molar-refractivity contribution in [1.29, 1.82) is 0 Å². The maximum Gasteiger partial charge on any atom is 0.282 e. The molecule has 5 nitrogen and oxygen atoms in total. The number of halogens is 3. The van der Waals surface area contributed by atoms with Gasteiger partial charge in [-0.3, -0.25) is 4.68 Å². The summed E-state index contributed by atoms with van der Waals surface area (Å²) in [5, 5.41) is 8.56. The van der Waals surface area contributed by atoms with Crippen molar-refractivity contribution in [3.05, 3.63) is 101 Å². The van der Waals surface area contributed by atoms with Gasteiger partial charge in [-0.2, -0.15) is 10.2 Å². The fourth-order valence-corrected chi connectivity index (χ4v) is 3.98. The SMILES string of the molecule is Fc1ccc(-n2nc(C(F)F)cc2Cc2cnn(CC3CC3)c2)c(COCc2ccccc2)c1. The van der Waals surface area contributed by atoms with Gasteiger partial charge in [0.05, 0.1) is 25.1 Å². The predicted molar refractivity (Wildman–Crippen MR) is 121 cm³/mol. The van der Waals surface area contributed by atoms with Crippen LogP contribution < -0.4 is 0 Å². The van der Waals surface area contributed by atoms with Gasteiger partial charge in [-0.05, 0) is 54.2 Å². The van der Waals surface area contributed by atoms with Gasteiger partial charge >= 0.3 is 0 Å². The zero-order chi connectivity index (χ0) is 23.5. The average molecular weight is 467 g/mol. The number of hydrogen-bond donors (Lipinski definition) is 0. The molecular weight excluding hydrogens is 441 g/mol. The minimum absolute atomic E-state index is 0.116. The molecule has 1 aliphatic carbocycles. The summed E-state index contributed by atoms with van der Waals surface area (Å²) in [6, 6.07) is 15.3. The highest BCUT2D eigenvalue weighted by Gasteiger charge is 2.23. The Kier molecular flexibility index (Phi) is 6.49. The predicted octanol–water partition coefficient (Wildman–Crippen LogP) is 5.86. The molecule has 1 saturated carbocycles. The van der Waals surface area contributed by atoms with E-state index in [2.05, 4.69) is 10.2 Å². The van der Waals surface area contributed by atoms with E-state index in [-0.39, 0.29) is 12.3 Å². The lowest BCUT2D eigenvalue weighted by atomic mass is 10.1. The fraction of sp³-hybridized carbons (Fsp3) is 0.308. The molecule has 34 heavy (non-hydrogen) atoms. The van der Waals surface area contributed by atoms with E-state index in [9.17, 15) is 13.2 Å². The zero-order valence-electron chi connectivity index (χ0n) is 18.6. The molecule has 176 valence electrons. The molecule has 0 saturated heterocycles. The van der Waals surface area contributed by atoms with E-state index in [1.165, 1.54) is 35.7 Å². The van der Waals surface area contributed by atoms with Crippen LogP contribution in [-0.2, 0) is 30.9 Å². The molecule has 0 amide bonds. The van der Waals surface area contributed by atoms with Crippen LogP contribution in [0.1, 0.15) is 47.3 Å². The number of rotatable bonds is 10. The number of hydrogen-bond acceptors (Lipinski definition) is 3. The first kappa shape index (κ1) is 22.4. The van der Waals surface area contributed by atoms with Crippen LogP contribution in [0.25, 0.3) is 5.69 Å². The number of benzene rings is 2. The Hall–Kier alpha value is -3.39. The monoisotopic (exact) mass is 466 g/mol. The summed E-state index contributed by atoms with van der Waals surface area (Å²) in [5.74, 6) is 0.257. The van der Waals surface area contributed by atoms with Crippen LogP contribution in [0.2, 0.25) is 0 Å². The molecule has 0 N–H and O–H groups in total. The Balaban J connectivity index is 1.41. The second-order valence-electron chi connectivity index (χ2n) is 8.72. The molecular formula is C26H25F3N4O. The van der Waals surface area contributed by atoms with Crippen LogP contribution in [0.4, 0.5) is 13.2 Å². The Morgan fingerprint density at radius 1 is 1.00 bits per heavy atom. The summed E-state index contributed by atoms with van der Waals surface area (Å²) < 4.78 is 50.4. The standard InChI is InChI=1S/C26H25F3N4O/c27-22-8-9-25(21(11-22)17-34-16-19-4-2-1-3-5-19)33-23(12-24(31-33)26(28)29)10-20-13-30-32(15-20)14-18-6-7-18/h1-5,8-9,11-13,15,18,26H,6-7,10,14,16-17H2. The Morgan fingerprint density at radius 3 is 2.59 bits per heavy atom. The first-order valence-electron chi connectivity index (χ1n) is 11.3. The molecule has 0 spiro atoms. The van der Waals surface area contributed by atoms with E-state index in [0.29, 0.717) is 35.9 Å². The Morgan fingerprint density at radius 2 is 1.82 bits per heavy atom. The smallest absolute Gasteiger partial charge is 0.282 e. The third-order valence-corrected chi connectivity index (χ3v) is 5.88. The third-order valence-electron chi connectivity index (χ3n) is 5.88. The van der Waals surface area contributed by atoms with Crippen molar-refractivity contribution in [1.82, 2.24) is 19.6 Å². The third kappa shape index (κ3) is 5.39. The molecule has 2 aromatic heterocycles. The number of ether oxygens (including phenoxy) is 1. The van der Waals surface area contributed by atoms with Gasteiger partial charge in [0, 0.05) is 30.4 Å². The Bertz CT molecular complexity index is 1250. The fourth-order valence-electron chi connectivity index (χ4n) is 3.98. The van der Waals surface area contributed by atoms with Crippen LogP contribution in [0, 0.1) is 11.7 Å². The topological polar surface area (TPSA) is 44.9 Å². The van der Waals surface area contributed by atoms with Crippen LogP contribution in [0.5, 0.6) is 0 Å². The highest BCUT2D eigenvalue weighted by atomic mass is 19.3. The molecule has 0 radical (unpaired) electrons. The van der Waals surface area contributed by atoms with Crippen molar-refractivity contribution in [3.63, 3.8) is 0 Å². The summed E-state index contributed by atoms with van der Waals surface area (Å²) in [5.41, 5.74) is 3.21. The lowest BCUT2D eigenvalue weighted by molar-refractivity contribution is 0.107. The van der Waals surface area contributed by atoms with Crippen LogP contribution in [0.3, 0.4) is 0 Å². The molecule has 5 rings (SSSR count). The van der Waals surface area contributed by atoms with E-state index in [1.807, 2.05) is 41.2 Å². The van der Waals surface area contributed by atoms with Gasteiger partial charge in [-0.1, -0.05) is 30.3 Å². The van der Waals surface area contributed by atoms with Crippen LogP contribution >= 0.6 is 0 Å². The highest BCUT2D eigenvalue weighted by Crippen LogP contribution is 2.30. The quantitative estimate of drug-likeness (QED) is 0.294. The first-order chi connectivity index (χ1) is 16.5. The van der Waals surface area contributed by atoms with Crippen molar-refractivity contribution in [2.45, 2.75) is 45.4 Å². The molecule has 2 aromatic carbocycles. The van der Waals surface area contributed by atoms with E-state index in [0.717, 1.165) is 17.7 Å². The lowest BCUT2D eigenvalue weighted by Gasteiger charge is -2.13. The summed E-state index contributed by atoms with van der Waals surface area (Å²) >= 11 is 0. The van der Waals surface area contributed by atoms with Crippen LogP contribution in [-0.4, -0.2) is 19.6 Å². The molecule has 0 unspecified atom stereocenters. The van der Waals surface area contributed by atoms with Gasteiger partial charge in [0.25, 0.3) is 6.43 Å². The second-order valence-corrected chi connectivity index (χ2v) is 8.72. The minimum Gasteiger partial charge on any atom is -0.372 e. The van der Waals surface area contributed by atoms with Gasteiger partial charge in [0.1, 0.15) is 11.5 Å². The van der Waals surface area contributed by atoms with Crippen LogP contribution in [0.15, 0.2) is 67.0 Å². The number of alkyl halides is 2. The van der Waals surface area contributed by atoms with E-state index in [1.54, 1.807) is 12.3 Å². The molecule has 0 atom stereocenters. The van der Waals surface area contributed by atoms with Crippen molar-refractivity contribution in [3.8, 4) is 5.69 Å². The van der Waals surface area contributed by atoms with Crippen molar-refractivity contribution in [2.24, 2.45) is 5.92 Å². The van der Waals surface area contributed by atoms with E-state index in [4.69, 9.17) is 4.74 Å². The van der Waals surface area contributed by atoms with E-state index < -0.39 is 12.2 Å². The molecule has 1 aliphatic rings. The number of aromatic nitrogens is 4. The van der Waals surface area contributed by atoms with Gasteiger partial charge in [-0.15, -0.1) is 0 Å². The van der Waals surface area contributed by atoms with Gasteiger partial charge in [0.2, 0.25) is 0 Å². The molecule has 8 heteroatoms. The second kappa shape index (κ2) is 9.85. The van der Waals surface area contributed by atoms with Crippen molar-refractivity contribution >= 4 is 0 Å². The summed E-state index contributed by atoms with van der Waals surface area (Å²) in [7, 11) is 0. The van der Waals surface area contributed by atoms with Crippen molar-refractivity contribution < 1.29 is 17.9 Å². The zero-order valence-corrected chi connectivity index (χ0v) is 18.6. The highest BCUT2D eigenvalue weighted by molar-refractivity contribution is 5.43. The number of nitrogens with zero attached hydrogens (tertiary/aromatic N) is 4. The lowest BCUT2D eigenvalue weighted by Crippen LogP contribution is -2.08. The summed E-state index contributed by atoms with van der Waals surface area (Å²) in [6.45, 7) is 1.35. The average Bonchev–Trinajstić information content (AvgIpc) is 3.37. The summed E-state index contributed by atoms with van der Waals surface area (Å²) in [4.78, 5) is 0. The maximum atomic E-state index is 14.1. The minimum atomic E-state index is -2.71. The van der Waals surface area contributed by atoms with Gasteiger partial charge in [0.15, 0.2) is 0 Å². The largest absolute Gasteiger partial charge is 0.372 e.